The predicted octanol–water partition coefficient (Wildman–Crippen LogP) is 1.67. The van der Waals surface area contributed by atoms with Gasteiger partial charge in [0.2, 0.25) is 18.3 Å². The first kappa shape index (κ1) is 14.1. The van der Waals surface area contributed by atoms with Gasteiger partial charge in [-0.05, 0) is 42.7 Å². The monoisotopic (exact) mass is 271 g/mol. The highest BCUT2D eigenvalue weighted by molar-refractivity contribution is 5.93. The van der Waals surface area contributed by atoms with Gasteiger partial charge in [0.1, 0.15) is 7.11 Å². The van der Waals surface area contributed by atoms with Crippen LogP contribution in [0.5, 0.6) is 0 Å². The van der Waals surface area contributed by atoms with Crippen LogP contribution in [0.4, 0.5) is 0 Å². The highest BCUT2D eigenvalue weighted by Crippen LogP contribution is 2.24. The van der Waals surface area contributed by atoms with E-state index in [1.165, 1.54) is 5.56 Å². The molecular weight excluding hydrogens is 252 g/mol. The van der Waals surface area contributed by atoms with Gasteiger partial charge in [-0.1, -0.05) is 13.0 Å². The molecule has 104 valence electrons. The molecule has 1 amide bonds. The molecule has 0 saturated carbocycles. The molecule has 0 aliphatic rings. The average molecular weight is 271 g/mol. The molecule has 0 radical (unpaired) electrons. The number of aromatic nitrogens is 1. The van der Waals surface area contributed by atoms with E-state index >= 15 is 0 Å². The Hall–Kier alpha value is -2.36. The maximum atomic E-state index is 11.2. The fourth-order valence-electron chi connectivity index (χ4n) is 2.20. The van der Waals surface area contributed by atoms with Crippen molar-refractivity contribution in [2.24, 2.45) is 5.73 Å². The maximum absolute atomic E-state index is 11.2. The zero-order chi connectivity index (χ0) is 14.7. The molecule has 0 fully saturated rings. The summed E-state index contributed by atoms with van der Waals surface area (Å²) < 4.78 is 1.69. The summed E-state index contributed by atoms with van der Waals surface area (Å²) in [4.78, 5) is 16.5. The number of amides is 1. The van der Waals surface area contributed by atoms with Crippen LogP contribution >= 0.6 is 0 Å². The Morgan fingerprint density at radius 2 is 2.05 bits per heavy atom. The van der Waals surface area contributed by atoms with Crippen molar-refractivity contribution in [1.82, 2.24) is 0 Å². The molecular formula is C16H19N2O2+. The lowest BCUT2D eigenvalue weighted by molar-refractivity contribution is -0.885. The number of nitrogens with zero attached hydrogens (tertiary/aromatic N) is 1. The van der Waals surface area contributed by atoms with Crippen LogP contribution in [0.25, 0.3) is 11.1 Å². The van der Waals surface area contributed by atoms with Gasteiger partial charge in [0.25, 0.3) is 0 Å². The normalized spacial score (nSPS) is 10.3. The zero-order valence-corrected chi connectivity index (χ0v) is 12.0. The van der Waals surface area contributed by atoms with E-state index in [9.17, 15) is 4.79 Å². The molecule has 2 rings (SSSR count). The second kappa shape index (κ2) is 5.74. The van der Waals surface area contributed by atoms with Crippen molar-refractivity contribution in [2.75, 3.05) is 7.11 Å². The summed E-state index contributed by atoms with van der Waals surface area (Å²) in [5.74, 6) is -0.408. The third-order valence-electron chi connectivity index (χ3n) is 3.34. The lowest BCUT2D eigenvalue weighted by Crippen LogP contribution is -2.40. The lowest BCUT2D eigenvalue weighted by Gasteiger charge is -2.07. The van der Waals surface area contributed by atoms with Gasteiger partial charge in [-0.3, -0.25) is 9.63 Å². The minimum absolute atomic E-state index is 0.408. The van der Waals surface area contributed by atoms with E-state index in [0.29, 0.717) is 5.56 Å². The summed E-state index contributed by atoms with van der Waals surface area (Å²) in [6.45, 7) is 4.07. The number of aryl methyl sites for hydroxylation is 2. The van der Waals surface area contributed by atoms with Crippen molar-refractivity contribution in [3.05, 3.63) is 53.3 Å². The number of carbonyl (C=O) groups is 1. The molecule has 1 aromatic heterocycles. The van der Waals surface area contributed by atoms with Gasteiger partial charge in [0.15, 0.2) is 0 Å². The van der Waals surface area contributed by atoms with E-state index in [-0.39, 0.29) is 0 Å². The smallest absolute Gasteiger partial charge is 0.248 e. The maximum Gasteiger partial charge on any atom is 0.248 e. The Morgan fingerprint density at radius 1 is 1.30 bits per heavy atom. The topological polar surface area (TPSA) is 56.2 Å². The molecule has 0 atom stereocenters. The van der Waals surface area contributed by atoms with E-state index in [4.69, 9.17) is 10.6 Å². The molecule has 0 bridgehead atoms. The van der Waals surface area contributed by atoms with E-state index in [1.54, 1.807) is 17.9 Å². The van der Waals surface area contributed by atoms with Gasteiger partial charge in [-0.25, -0.2) is 0 Å². The highest BCUT2D eigenvalue weighted by Gasteiger charge is 2.12. The molecule has 0 aliphatic heterocycles. The molecule has 0 spiro atoms. The van der Waals surface area contributed by atoms with Crippen molar-refractivity contribution in [3.8, 4) is 11.1 Å². The Balaban J connectivity index is 2.53. The Kier molecular flexibility index (Phi) is 4.03. The molecule has 1 aromatic carbocycles. The van der Waals surface area contributed by atoms with Crippen LogP contribution in [0.1, 0.15) is 28.4 Å². The number of rotatable bonds is 4. The molecule has 4 nitrogen and oxygen atoms in total. The summed E-state index contributed by atoms with van der Waals surface area (Å²) in [5, 5.41) is 0. The lowest BCUT2D eigenvalue weighted by atomic mass is 9.98. The molecule has 4 heteroatoms. The molecule has 0 aliphatic carbocycles. The quantitative estimate of drug-likeness (QED) is 0.860. The van der Waals surface area contributed by atoms with Crippen LogP contribution < -0.4 is 15.3 Å². The molecule has 2 aromatic rings. The van der Waals surface area contributed by atoms with Crippen molar-refractivity contribution < 1.29 is 14.4 Å². The summed E-state index contributed by atoms with van der Waals surface area (Å²) in [6.07, 6.45) is 4.80. The zero-order valence-electron chi connectivity index (χ0n) is 12.0. The van der Waals surface area contributed by atoms with E-state index < -0.39 is 5.91 Å². The van der Waals surface area contributed by atoms with Crippen LogP contribution in [-0.4, -0.2) is 13.0 Å². The molecule has 0 saturated heterocycles. The summed E-state index contributed by atoms with van der Waals surface area (Å²) in [5.41, 5.74) is 10.1. The third kappa shape index (κ3) is 2.79. The third-order valence-corrected chi connectivity index (χ3v) is 3.34. The van der Waals surface area contributed by atoms with Gasteiger partial charge < -0.3 is 5.73 Å². The summed E-state index contributed by atoms with van der Waals surface area (Å²) >= 11 is 0. The fourth-order valence-corrected chi connectivity index (χ4v) is 2.20. The number of hydrogen-bond donors (Lipinski definition) is 1. The molecule has 20 heavy (non-hydrogen) atoms. The van der Waals surface area contributed by atoms with Crippen molar-refractivity contribution in [3.63, 3.8) is 0 Å². The molecule has 0 unspecified atom stereocenters. The van der Waals surface area contributed by atoms with Crippen molar-refractivity contribution >= 4 is 5.91 Å². The van der Waals surface area contributed by atoms with Gasteiger partial charge in [0.05, 0.1) is 5.56 Å². The van der Waals surface area contributed by atoms with Gasteiger partial charge >= 0.3 is 0 Å². The van der Waals surface area contributed by atoms with Crippen molar-refractivity contribution in [2.45, 2.75) is 20.3 Å². The fraction of sp³-hybridized carbons (Fsp3) is 0.250. The SMILES string of the molecule is CCc1cc(-c2ccc(C(N)=O)cc2C)c[n+](OC)c1. The van der Waals surface area contributed by atoms with Crippen LogP contribution in [0.2, 0.25) is 0 Å². The van der Waals surface area contributed by atoms with Gasteiger partial charge in [0, 0.05) is 15.9 Å². The minimum atomic E-state index is -0.408. The van der Waals surface area contributed by atoms with Gasteiger partial charge in [-0.2, -0.15) is 0 Å². The Labute approximate surface area is 118 Å². The first-order chi connectivity index (χ1) is 9.55. The average Bonchev–Trinajstić information content (AvgIpc) is 2.46. The second-order valence-electron chi connectivity index (χ2n) is 4.72. The highest BCUT2D eigenvalue weighted by atomic mass is 16.6. The van der Waals surface area contributed by atoms with Crippen LogP contribution in [-0.2, 0) is 6.42 Å². The van der Waals surface area contributed by atoms with Crippen LogP contribution in [0.3, 0.4) is 0 Å². The molecule has 1 heterocycles. The summed E-state index contributed by atoms with van der Waals surface area (Å²) in [7, 11) is 1.63. The number of primary amides is 1. The van der Waals surface area contributed by atoms with E-state index in [0.717, 1.165) is 23.1 Å². The van der Waals surface area contributed by atoms with Crippen molar-refractivity contribution in [1.29, 1.82) is 0 Å². The number of carbonyl (C=O) groups excluding carboxylic acids is 1. The summed E-state index contributed by atoms with van der Waals surface area (Å²) in [6, 6.07) is 7.61. The van der Waals surface area contributed by atoms with Crippen LogP contribution in [0, 0.1) is 6.92 Å². The largest absolute Gasteiger partial charge is 0.366 e. The second-order valence-corrected chi connectivity index (χ2v) is 4.72. The number of benzene rings is 1. The van der Waals surface area contributed by atoms with E-state index in [1.807, 2.05) is 31.5 Å². The van der Waals surface area contributed by atoms with E-state index in [2.05, 4.69) is 13.0 Å². The Morgan fingerprint density at radius 3 is 2.60 bits per heavy atom. The number of pyridine rings is 1. The first-order valence-electron chi connectivity index (χ1n) is 6.55. The number of hydrogen-bond acceptors (Lipinski definition) is 2. The first-order valence-corrected chi connectivity index (χ1v) is 6.55. The Bertz CT molecular complexity index is 629. The molecule has 2 N–H and O–H groups in total. The van der Waals surface area contributed by atoms with Gasteiger partial charge in [-0.15, -0.1) is 0 Å². The number of nitrogens with two attached hydrogens (primary N) is 1. The predicted molar refractivity (Wildman–Crippen MR) is 77.2 cm³/mol. The minimum Gasteiger partial charge on any atom is -0.366 e. The van der Waals surface area contributed by atoms with Crippen LogP contribution in [0.15, 0.2) is 36.7 Å². The standard InChI is InChI=1S/C16H18N2O2/c1-4-12-8-14(10-18(9-12)20-3)15-6-5-13(16(17)19)7-11(15)2/h5-10H,4H2,1-3H3,(H-,17,19)/p+1.